The Morgan fingerprint density at radius 3 is 2.15 bits per heavy atom. The van der Waals surface area contributed by atoms with E-state index in [1.807, 2.05) is 0 Å². The van der Waals surface area contributed by atoms with E-state index < -0.39 is 56.7 Å². The molecule has 176 valence electrons. The number of carbonyl (C=O) groups is 4. The van der Waals surface area contributed by atoms with Crippen LogP contribution in [0.1, 0.15) is 40.1 Å². The fraction of sp³-hybridized carbons (Fsp3) is 0.333. The fourth-order valence-corrected chi connectivity index (χ4v) is 6.73. The molecule has 0 aromatic heterocycles. The Bertz CT molecular complexity index is 1220. The van der Waals surface area contributed by atoms with Crippen molar-refractivity contribution in [1.82, 2.24) is 9.80 Å². The standard InChI is InChI=1S/C24H22N2O7S/c1-24(2)18(23(30)33-12-13-8-10-14(32-3)11-9-13)26-21(29)17(22(26)34(24)31)25-19(27)15-6-4-5-7-16(15)20(25)28/h4-11,17-18,22H,12H2,1-3H3/t17?,18?,22-,34?/m0/s1. The molecule has 4 atom stereocenters. The monoisotopic (exact) mass is 482 g/mol. The van der Waals surface area contributed by atoms with Crippen LogP contribution >= 0.6 is 0 Å². The highest BCUT2D eigenvalue weighted by Gasteiger charge is 2.71. The summed E-state index contributed by atoms with van der Waals surface area (Å²) in [5.74, 6) is -1.82. The number of benzene rings is 2. The van der Waals surface area contributed by atoms with Crippen LogP contribution in [0.25, 0.3) is 0 Å². The lowest BCUT2D eigenvalue weighted by Crippen LogP contribution is -2.72. The number of β-lactam (4-membered cyclic amide) rings is 1. The van der Waals surface area contributed by atoms with Crippen molar-refractivity contribution in [2.75, 3.05) is 7.11 Å². The Hall–Kier alpha value is -3.53. The first-order valence-electron chi connectivity index (χ1n) is 10.7. The molecule has 10 heteroatoms. The lowest BCUT2D eigenvalue weighted by molar-refractivity contribution is -0.166. The van der Waals surface area contributed by atoms with Crippen LogP contribution in [0.15, 0.2) is 48.5 Å². The van der Waals surface area contributed by atoms with Crippen molar-refractivity contribution in [3.63, 3.8) is 0 Å². The van der Waals surface area contributed by atoms with Gasteiger partial charge in [-0.15, -0.1) is 0 Å². The molecule has 2 aromatic carbocycles. The number of hydrogen-bond donors (Lipinski definition) is 0. The molecule has 9 nitrogen and oxygen atoms in total. The lowest BCUT2D eigenvalue weighted by Gasteiger charge is -2.46. The SMILES string of the molecule is COc1ccc(COC(=O)C2N3C(=O)C(N4C(=O)c5ccccc5C4=O)[C@@H]3S(=O)C2(C)C)cc1. The van der Waals surface area contributed by atoms with Crippen molar-refractivity contribution in [2.45, 2.75) is 42.7 Å². The van der Waals surface area contributed by atoms with E-state index in [2.05, 4.69) is 0 Å². The third-order valence-corrected chi connectivity index (χ3v) is 8.78. The van der Waals surface area contributed by atoms with Crippen molar-refractivity contribution < 1.29 is 32.9 Å². The van der Waals surface area contributed by atoms with E-state index in [1.165, 1.54) is 17.0 Å². The van der Waals surface area contributed by atoms with Gasteiger partial charge in [0.15, 0.2) is 6.04 Å². The van der Waals surface area contributed by atoms with Gasteiger partial charge < -0.3 is 14.4 Å². The van der Waals surface area contributed by atoms with E-state index in [1.54, 1.807) is 57.4 Å². The normalized spacial score (nSPS) is 26.7. The van der Waals surface area contributed by atoms with Crippen molar-refractivity contribution >= 4 is 34.5 Å². The van der Waals surface area contributed by atoms with Crippen LogP contribution in [0, 0.1) is 0 Å². The Morgan fingerprint density at radius 1 is 1.00 bits per heavy atom. The maximum Gasteiger partial charge on any atom is 0.330 e. The molecular formula is C24H22N2O7S. The molecule has 0 aliphatic carbocycles. The van der Waals surface area contributed by atoms with Gasteiger partial charge >= 0.3 is 5.97 Å². The van der Waals surface area contributed by atoms with Gasteiger partial charge in [-0.1, -0.05) is 24.3 Å². The second-order valence-corrected chi connectivity index (χ2v) is 11.0. The van der Waals surface area contributed by atoms with Gasteiger partial charge in [-0.25, -0.2) is 4.79 Å². The molecule has 0 bridgehead atoms. The number of rotatable bonds is 5. The summed E-state index contributed by atoms with van der Waals surface area (Å²) in [5, 5.41) is -0.969. The van der Waals surface area contributed by atoms with Gasteiger partial charge in [-0.2, -0.15) is 0 Å². The topological polar surface area (TPSA) is 110 Å². The van der Waals surface area contributed by atoms with Crippen LogP contribution in [-0.4, -0.2) is 67.0 Å². The molecule has 0 saturated carbocycles. The first-order valence-corrected chi connectivity index (χ1v) is 11.9. The van der Waals surface area contributed by atoms with Crippen molar-refractivity contribution in [2.24, 2.45) is 0 Å². The summed E-state index contributed by atoms with van der Waals surface area (Å²) in [7, 11) is -0.176. The molecule has 2 fully saturated rings. The average molecular weight is 483 g/mol. The maximum absolute atomic E-state index is 13.4. The van der Waals surface area contributed by atoms with Gasteiger partial charge in [0.1, 0.15) is 23.8 Å². The summed E-state index contributed by atoms with van der Waals surface area (Å²) < 4.78 is 22.8. The third kappa shape index (κ3) is 3.01. The van der Waals surface area contributed by atoms with Gasteiger partial charge in [0.2, 0.25) is 0 Å². The quantitative estimate of drug-likeness (QED) is 0.361. The van der Waals surface area contributed by atoms with Gasteiger partial charge in [-0.3, -0.25) is 23.5 Å². The summed E-state index contributed by atoms with van der Waals surface area (Å²) in [4.78, 5) is 54.1. The van der Waals surface area contributed by atoms with Crippen molar-refractivity contribution in [3.8, 4) is 5.75 Å². The Labute approximate surface area is 198 Å². The first-order chi connectivity index (χ1) is 16.2. The molecule has 34 heavy (non-hydrogen) atoms. The number of imide groups is 1. The van der Waals surface area contributed by atoms with Crippen LogP contribution in [-0.2, 0) is 31.7 Å². The average Bonchev–Trinajstić information content (AvgIpc) is 3.19. The van der Waals surface area contributed by atoms with Crippen LogP contribution in [0.5, 0.6) is 5.75 Å². The number of amides is 3. The van der Waals surface area contributed by atoms with Gasteiger partial charge in [0, 0.05) is 0 Å². The number of ether oxygens (including phenoxy) is 2. The van der Waals surface area contributed by atoms with Crippen molar-refractivity contribution in [3.05, 3.63) is 65.2 Å². The highest BCUT2D eigenvalue weighted by Crippen LogP contribution is 2.46. The zero-order valence-electron chi connectivity index (χ0n) is 18.7. The lowest BCUT2D eigenvalue weighted by atomic mass is 9.95. The minimum Gasteiger partial charge on any atom is -0.497 e. The number of carbonyl (C=O) groups excluding carboxylic acids is 4. The van der Waals surface area contributed by atoms with Gasteiger partial charge in [0.25, 0.3) is 17.7 Å². The molecule has 3 aliphatic rings. The van der Waals surface area contributed by atoms with E-state index in [0.29, 0.717) is 5.75 Å². The molecule has 0 N–H and O–H groups in total. The highest BCUT2D eigenvalue weighted by atomic mass is 32.2. The van der Waals surface area contributed by atoms with Crippen LogP contribution in [0.4, 0.5) is 0 Å². The van der Waals surface area contributed by atoms with E-state index in [0.717, 1.165) is 10.5 Å². The summed E-state index contributed by atoms with van der Waals surface area (Å²) in [6, 6.07) is 11.0. The number of nitrogens with zero attached hydrogens (tertiary/aromatic N) is 2. The summed E-state index contributed by atoms with van der Waals surface area (Å²) in [5.41, 5.74) is 1.14. The van der Waals surface area contributed by atoms with E-state index >= 15 is 0 Å². The Balaban J connectivity index is 1.37. The van der Waals surface area contributed by atoms with E-state index in [-0.39, 0.29) is 17.7 Å². The first kappa shape index (κ1) is 22.3. The summed E-state index contributed by atoms with van der Waals surface area (Å²) >= 11 is 0. The minimum atomic E-state index is -1.72. The fourth-order valence-electron chi connectivity index (χ4n) is 4.77. The van der Waals surface area contributed by atoms with Gasteiger partial charge in [0.05, 0.1) is 33.8 Å². The van der Waals surface area contributed by atoms with Gasteiger partial charge in [-0.05, 0) is 43.7 Å². The van der Waals surface area contributed by atoms with Crippen LogP contribution < -0.4 is 4.74 Å². The van der Waals surface area contributed by atoms with Crippen LogP contribution in [0.3, 0.4) is 0 Å². The van der Waals surface area contributed by atoms with E-state index in [9.17, 15) is 23.4 Å². The highest BCUT2D eigenvalue weighted by molar-refractivity contribution is 7.87. The second-order valence-electron chi connectivity index (χ2n) is 8.87. The molecular weight excluding hydrogens is 460 g/mol. The predicted octanol–water partition coefficient (Wildman–Crippen LogP) is 1.48. The smallest absolute Gasteiger partial charge is 0.330 e. The zero-order chi connectivity index (χ0) is 24.4. The Morgan fingerprint density at radius 2 is 1.59 bits per heavy atom. The molecule has 2 saturated heterocycles. The number of fused-ring (bicyclic) bond motifs is 2. The molecule has 0 spiro atoms. The number of esters is 1. The van der Waals surface area contributed by atoms with Crippen molar-refractivity contribution in [1.29, 1.82) is 0 Å². The van der Waals surface area contributed by atoms with Crippen LogP contribution in [0.2, 0.25) is 0 Å². The minimum absolute atomic E-state index is 0.0312. The Kier molecular flexibility index (Phi) is 5.09. The largest absolute Gasteiger partial charge is 0.497 e. The van der Waals surface area contributed by atoms with E-state index in [4.69, 9.17) is 9.47 Å². The third-order valence-electron chi connectivity index (χ3n) is 6.59. The summed E-state index contributed by atoms with van der Waals surface area (Å²) in [6.45, 7) is 3.21. The molecule has 2 aromatic rings. The number of methoxy groups -OCH3 is 1. The predicted molar refractivity (Wildman–Crippen MR) is 120 cm³/mol. The molecule has 0 radical (unpaired) electrons. The molecule has 3 aliphatic heterocycles. The zero-order valence-corrected chi connectivity index (χ0v) is 19.5. The maximum atomic E-state index is 13.4. The molecule has 3 amide bonds. The molecule has 3 heterocycles. The summed E-state index contributed by atoms with van der Waals surface area (Å²) in [6.07, 6.45) is 0. The second kappa shape index (κ2) is 7.76. The molecule has 3 unspecified atom stereocenters. The molecule has 5 rings (SSSR count). The number of hydrogen-bond acceptors (Lipinski definition) is 7.